The van der Waals surface area contributed by atoms with Crippen molar-refractivity contribution < 1.29 is 9.84 Å². The van der Waals surface area contributed by atoms with Crippen molar-refractivity contribution in [2.45, 2.75) is 38.0 Å². The zero-order valence-electron chi connectivity index (χ0n) is 11.8. The number of thioether (sulfide) groups is 1. The van der Waals surface area contributed by atoms with Gasteiger partial charge in [0, 0.05) is 18.6 Å². The zero-order valence-corrected chi connectivity index (χ0v) is 12.6. The molecule has 2 nitrogen and oxygen atoms in total. The Bertz CT molecular complexity index is 341. The van der Waals surface area contributed by atoms with E-state index in [9.17, 15) is 5.11 Å². The second-order valence-corrected chi connectivity index (χ2v) is 6.60. The van der Waals surface area contributed by atoms with Crippen LogP contribution < -0.4 is 0 Å². The second kappa shape index (κ2) is 7.17. The van der Waals surface area contributed by atoms with Gasteiger partial charge in [-0.25, -0.2) is 0 Å². The molecule has 1 aromatic rings. The van der Waals surface area contributed by atoms with Crippen LogP contribution in [-0.2, 0) is 15.9 Å². The molecule has 18 heavy (non-hydrogen) atoms. The van der Waals surface area contributed by atoms with E-state index in [4.69, 9.17) is 4.74 Å². The minimum absolute atomic E-state index is 0.209. The van der Waals surface area contributed by atoms with Crippen molar-refractivity contribution in [2.75, 3.05) is 19.5 Å². The lowest BCUT2D eigenvalue weighted by atomic mass is 9.87. The fraction of sp³-hybridized carbons (Fsp3) is 0.600. The number of aliphatic hydroxyl groups excluding tert-OH is 1. The number of methoxy groups -OCH3 is 1. The van der Waals surface area contributed by atoms with Crippen molar-refractivity contribution in [3.05, 3.63) is 35.4 Å². The molecule has 1 unspecified atom stereocenters. The molecule has 1 rings (SSSR count). The Labute approximate surface area is 115 Å². The van der Waals surface area contributed by atoms with Gasteiger partial charge in [-0.15, -0.1) is 0 Å². The maximum absolute atomic E-state index is 9.53. The molecular formula is C15H24O2S. The van der Waals surface area contributed by atoms with Crippen molar-refractivity contribution in [3.8, 4) is 0 Å². The molecule has 0 fully saturated rings. The molecule has 0 saturated heterocycles. The predicted molar refractivity (Wildman–Crippen MR) is 79.2 cm³/mol. The van der Waals surface area contributed by atoms with Gasteiger partial charge >= 0.3 is 0 Å². The van der Waals surface area contributed by atoms with Crippen molar-refractivity contribution >= 4 is 11.8 Å². The average Bonchev–Trinajstić information content (AvgIpc) is 2.29. The van der Waals surface area contributed by atoms with Crippen LogP contribution in [0, 0.1) is 0 Å². The van der Waals surface area contributed by atoms with Gasteiger partial charge in [0.15, 0.2) is 0 Å². The molecular weight excluding hydrogens is 244 g/mol. The van der Waals surface area contributed by atoms with Crippen LogP contribution in [0.4, 0.5) is 0 Å². The molecule has 0 aliphatic heterocycles. The summed E-state index contributed by atoms with van der Waals surface area (Å²) >= 11 is 1.74. The van der Waals surface area contributed by atoms with Crippen LogP contribution in [-0.4, -0.2) is 30.7 Å². The summed E-state index contributed by atoms with van der Waals surface area (Å²) in [4.78, 5) is 0. The predicted octanol–water partition coefficient (Wildman–Crippen LogP) is 3.22. The Hall–Kier alpha value is -0.510. The van der Waals surface area contributed by atoms with Gasteiger partial charge in [-0.1, -0.05) is 45.0 Å². The van der Waals surface area contributed by atoms with Crippen molar-refractivity contribution in [1.82, 2.24) is 0 Å². The maximum Gasteiger partial charge on any atom is 0.0863 e. The molecule has 1 aromatic carbocycles. The van der Waals surface area contributed by atoms with E-state index in [1.807, 2.05) is 0 Å². The average molecular weight is 268 g/mol. The Morgan fingerprint density at radius 2 is 1.83 bits per heavy atom. The number of aliphatic hydroxyl groups is 1. The first-order valence-electron chi connectivity index (χ1n) is 6.27. The zero-order chi connectivity index (χ0) is 13.6. The molecule has 0 amide bonds. The van der Waals surface area contributed by atoms with Gasteiger partial charge in [0.2, 0.25) is 0 Å². The molecule has 3 heteroatoms. The number of hydrogen-bond acceptors (Lipinski definition) is 3. The lowest BCUT2D eigenvalue weighted by Crippen LogP contribution is -2.16. The highest BCUT2D eigenvalue weighted by Gasteiger charge is 2.12. The Morgan fingerprint density at radius 3 is 2.33 bits per heavy atom. The van der Waals surface area contributed by atoms with Gasteiger partial charge in [-0.3, -0.25) is 0 Å². The van der Waals surface area contributed by atoms with E-state index in [1.165, 1.54) is 11.1 Å². The van der Waals surface area contributed by atoms with E-state index in [-0.39, 0.29) is 11.5 Å². The summed E-state index contributed by atoms with van der Waals surface area (Å²) < 4.78 is 4.90. The quantitative estimate of drug-likeness (QED) is 0.859. The van der Waals surface area contributed by atoms with Gasteiger partial charge in [-0.05, 0) is 16.5 Å². The molecule has 1 atom stereocenters. The first-order chi connectivity index (χ1) is 8.43. The highest BCUT2D eigenvalue weighted by Crippen LogP contribution is 2.23. The molecule has 0 saturated carbocycles. The smallest absolute Gasteiger partial charge is 0.0863 e. The Balaban J connectivity index is 2.40. The second-order valence-electron chi connectivity index (χ2n) is 5.57. The van der Waals surface area contributed by atoms with Gasteiger partial charge in [0.1, 0.15) is 0 Å². The van der Waals surface area contributed by atoms with Gasteiger partial charge in [-0.2, -0.15) is 11.8 Å². The summed E-state index contributed by atoms with van der Waals surface area (Å²) in [6, 6.07) is 8.75. The van der Waals surface area contributed by atoms with Crippen LogP contribution in [0.3, 0.4) is 0 Å². The molecule has 0 aliphatic rings. The van der Waals surface area contributed by atoms with Crippen LogP contribution in [0.15, 0.2) is 24.3 Å². The van der Waals surface area contributed by atoms with Crippen molar-refractivity contribution in [2.24, 2.45) is 0 Å². The summed E-state index contributed by atoms with van der Waals surface area (Å²) in [5.74, 6) is 1.65. The molecule has 1 N–H and O–H groups in total. The third-order valence-corrected chi connectivity index (χ3v) is 3.92. The first-order valence-corrected chi connectivity index (χ1v) is 7.43. The summed E-state index contributed by atoms with van der Waals surface area (Å²) in [7, 11) is 1.61. The molecule has 0 aliphatic carbocycles. The standard InChI is InChI=1S/C15H24O2S/c1-15(2,3)13-7-5-12(6-8-13)10-18-11-14(16)9-17-4/h5-8,14,16H,9-11H2,1-4H3. The molecule has 0 spiro atoms. The number of hydrogen-bond donors (Lipinski definition) is 1. The van der Waals surface area contributed by atoms with Crippen LogP contribution in [0.5, 0.6) is 0 Å². The molecule has 0 heterocycles. The minimum Gasteiger partial charge on any atom is -0.390 e. The minimum atomic E-state index is -0.367. The highest BCUT2D eigenvalue weighted by molar-refractivity contribution is 7.98. The van der Waals surface area contributed by atoms with E-state index < -0.39 is 0 Å². The lowest BCUT2D eigenvalue weighted by Gasteiger charge is -2.19. The SMILES string of the molecule is COCC(O)CSCc1ccc(C(C)(C)C)cc1. The fourth-order valence-corrected chi connectivity index (χ4v) is 2.57. The Morgan fingerprint density at radius 1 is 1.22 bits per heavy atom. The van der Waals surface area contributed by atoms with E-state index in [0.29, 0.717) is 6.61 Å². The molecule has 0 bridgehead atoms. The normalized spacial score (nSPS) is 13.6. The summed E-state index contributed by atoms with van der Waals surface area (Å²) in [5.41, 5.74) is 2.87. The van der Waals surface area contributed by atoms with Crippen LogP contribution in [0.2, 0.25) is 0 Å². The van der Waals surface area contributed by atoms with E-state index in [2.05, 4.69) is 45.0 Å². The molecule has 0 aromatic heterocycles. The lowest BCUT2D eigenvalue weighted by molar-refractivity contribution is 0.0794. The number of rotatable bonds is 6. The first kappa shape index (κ1) is 15.5. The van der Waals surface area contributed by atoms with Gasteiger partial charge in [0.25, 0.3) is 0 Å². The monoisotopic (exact) mass is 268 g/mol. The third-order valence-electron chi connectivity index (χ3n) is 2.76. The van der Waals surface area contributed by atoms with E-state index in [0.717, 1.165) is 11.5 Å². The summed E-state index contributed by atoms with van der Waals surface area (Å²) in [5, 5.41) is 9.53. The molecule has 0 radical (unpaired) electrons. The van der Waals surface area contributed by atoms with E-state index >= 15 is 0 Å². The number of benzene rings is 1. The number of ether oxygens (including phenoxy) is 1. The van der Waals surface area contributed by atoms with Crippen LogP contribution in [0.1, 0.15) is 31.9 Å². The molecule has 102 valence electrons. The summed E-state index contributed by atoms with van der Waals surface area (Å²) in [6.45, 7) is 7.07. The third kappa shape index (κ3) is 5.42. The Kier molecular flexibility index (Phi) is 6.19. The fourth-order valence-electron chi connectivity index (χ4n) is 1.65. The highest BCUT2D eigenvalue weighted by atomic mass is 32.2. The maximum atomic E-state index is 9.53. The van der Waals surface area contributed by atoms with E-state index in [1.54, 1.807) is 18.9 Å². The van der Waals surface area contributed by atoms with Crippen molar-refractivity contribution in [1.29, 1.82) is 0 Å². The van der Waals surface area contributed by atoms with Crippen molar-refractivity contribution in [3.63, 3.8) is 0 Å². The van der Waals surface area contributed by atoms with Crippen LogP contribution >= 0.6 is 11.8 Å². The van der Waals surface area contributed by atoms with Gasteiger partial charge in [0.05, 0.1) is 12.7 Å². The summed E-state index contributed by atoms with van der Waals surface area (Å²) in [6.07, 6.45) is -0.367. The largest absolute Gasteiger partial charge is 0.390 e. The topological polar surface area (TPSA) is 29.5 Å². The van der Waals surface area contributed by atoms with Crippen LogP contribution in [0.25, 0.3) is 0 Å². The van der Waals surface area contributed by atoms with Gasteiger partial charge < -0.3 is 9.84 Å².